The van der Waals surface area contributed by atoms with Gasteiger partial charge >= 0.3 is 0 Å². The Morgan fingerprint density at radius 3 is 2.92 bits per heavy atom. The Morgan fingerprint density at radius 1 is 1.38 bits per heavy atom. The van der Waals surface area contributed by atoms with Crippen LogP contribution in [0.3, 0.4) is 0 Å². The molecule has 2 aliphatic heterocycles. The highest BCUT2D eigenvalue weighted by molar-refractivity contribution is 7.16. The number of likely N-dealkylation sites (N-methyl/N-ethyl adjacent to an activating group) is 1. The second-order valence-corrected chi connectivity index (χ2v) is 7.96. The van der Waals surface area contributed by atoms with Crippen LogP contribution >= 0.6 is 11.3 Å². The zero-order valence-corrected chi connectivity index (χ0v) is 16.2. The number of ether oxygens (including phenoxy) is 3. The van der Waals surface area contributed by atoms with Crippen LogP contribution in [0.15, 0.2) is 6.07 Å². The van der Waals surface area contributed by atoms with E-state index in [1.54, 1.807) is 18.4 Å². The molecule has 2 aromatic rings. The fourth-order valence-corrected chi connectivity index (χ4v) is 4.75. The lowest BCUT2D eigenvalue weighted by molar-refractivity contribution is -0.910. The number of nitrogens with zero attached hydrogens (tertiary/aromatic N) is 1. The smallest absolute Gasteiger partial charge is 0.231 e. The molecular weight excluding hydrogens is 350 g/mol. The summed E-state index contributed by atoms with van der Waals surface area (Å²) in [6, 6.07) is 4.41. The fourth-order valence-electron chi connectivity index (χ4n) is 3.72. The van der Waals surface area contributed by atoms with Gasteiger partial charge in [0.25, 0.3) is 0 Å². The number of fused-ring (bicyclic) bond motifs is 2. The lowest BCUT2D eigenvalue weighted by atomic mass is 9.95. The molecule has 2 atom stereocenters. The van der Waals surface area contributed by atoms with Gasteiger partial charge in [0.1, 0.15) is 11.1 Å². The molecule has 4 rings (SSSR count). The summed E-state index contributed by atoms with van der Waals surface area (Å²) >= 11 is 1.63. The number of quaternary nitrogens is 1. The average molecular weight is 372 g/mol. The molecule has 0 saturated carbocycles. The molecule has 1 aromatic carbocycles. The second-order valence-electron chi connectivity index (χ2n) is 6.74. The Balaban J connectivity index is 1.82. The number of nitriles is 1. The third kappa shape index (κ3) is 2.49. The van der Waals surface area contributed by atoms with E-state index >= 15 is 0 Å². The molecule has 0 spiro atoms. The van der Waals surface area contributed by atoms with Crippen molar-refractivity contribution in [1.29, 1.82) is 5.26 Å². The number of methoxy groups -OCH3 is 1. The molecule has 6 nitrogen and oxygen atoms in total. The molecule has 136 valence electrons. The monoisotopic (exact) mass is 372 g/mol. The van der Waals surface area contributed by atoms with Gasteiger partial charge in [0.2, 0.25) is 12.5 Å². The summed E-state index contributed by atoms with van der Waals surface area (Å²) in [7, 11) is 3.82. The van der Waals surface area contributed by atoms with Crippen LogP contribution in [0.4, 0.5) is 5.00 Å². The van der Waals surface area contributed by atoms with E-state index in [1.165, 1.54) is 10.5 Å². The van der Waals surface area contributed by atoms with E-state index in [-0.39, 0.29) is 13.0 Å². The third-order valence-electron chi connectivity index (χ3n) is 5.29. The number of aryl methyl sites for hydroxylation is 1. The maximum atomic E-state index is 9.58. The van der Waals surface area contributed by atoms with Gasteiger partial charge in [-0.1, -0.05) is 0 Å². The topological polar surface area (TPSA) is 68.0 Å². The summed E-state index contributed by atoms with van der Waals surface area (Å²) in [6.45, 7) is 5.26. The van der Waals surface area contributed by atoms with E-state index in [2.05, 4.69) is 31.4 Å². The van der Waals surface area contributed by atoms with Gasteiger partial charge in [0.15, 0.2) is 17.7 Å². The van der Waals surface area contributed by atoms with Crippen molar-refractivity contribution >= 4 is 16.3 Å². The standard InChI is InChI=1S/C19H21N3O3S/c1-10-11(2)26-19(13(10)8-20)21-18-15-12(5-6-22(18)3)7-14-16(17(15)23-4)25-9-24-14/h7,18,21H,5-6,9H2,1-4H3/p+1/t18-/m0/s1. The van der Waals surface area contributed by atoms with Crippen molar-refractivity contribution in [1.82, 2.24) is 0 Å². The summed E-state index contributed by atoms with van der Waals surface area (Å²) in [4.78, 5) is 2.48. The number of hydrogen-bond donors (Lipinski definition) is 2. The van der Waals surface area contributed by atoms with Gasteiger partial charge in [0, 0.05) is 11.3 Å². The van der Waals surface area contributed by atoms with Crippen LogP contribution < -0.4 is 24.4 Å². The van der Waals surface area contributed by atoms with Crippen LogP contribution in [0.25, 0.3) is 0 Å². The van der Waals surface area contributed by atoms with Crippen molar-refractivity contribution in [2.75, 3.05) is 32.8 Å². The van der Waals surface area contributed by atoms with Gasteiger partial charge in [-0.25, -0.2) is 0 Å². The lowest BCUT2D eigenvalue weighted by Gasteiger charge is -2.33. The quantitative estimate of drug-likeness (QED) is 0.864. The molecule has 2 aliphatic rings. The van der Waals surface area contributed by atoms with Crippen LogP contribution in [0.2, 0.25) is 0 Å². The highest BCUT2D eigenvalue weighted by Crippen LogP contribution is 2.47. The molecule has 7 heteroatoms. The highest BCUT2D eigenvalue weighted by atomic mass is 32.1. The molecule has 0 fully saturated rings. The van der Waals surface area contributed by atoms with Gasteiger partial charge in [-0.2, -0.15) is 5.26 Å². The predicted octanol–water partition coefficient (Wildman–Crippen LogP) is 2.16. The van der Waals surface area contributed by atoms with E-state index in [1.807, 2.05) is 6.92 Å². The minimum atomic E-state index is -0.0206. The van der Waals surface area contributed by atoms with Crippen molar-refractivity contribution < 1.29 is 19.1 Å². The molecule has 2 N–H and O–H groups in total. The van der Waals surface area contributed by atoms with E-state index in [0.29, 0.717) is 5.75 Å². The second kappa shape index (κ2) is 6.38. The molecule has 0 saturated heterocycles. The zero-order chi connectivity index (χ0) is 18.4. The number of thiophene rings is 1. The summed E-state index contributed by atoms with van der Waals surface area (Å²) in [5, 5.41) is 14.1. The highest BCUT2D eigenvalue weighted by Gasteiger charge is 2.37. The molecule has 0 aliphatic carbocycles. The maximum Gasteiger partial charge on any atom is 0.231 e. The molecule has 1 aromatic heterocycles. The van der Waals surface area contributed by atoms with Gasteiger partial charge in [-0.3, -0.25) is 0 Å². The Labute approximate surface area is 156 Å². The Morgan fingerprint density at radius 2 is 2.19 bits per heavy atom. The van der Waals surface area contributed by atoms with E-state index in [4.69, 9.17) is 14.2 Å². The predicted molar refractivity (Wildman–Crippen MR) is 99.4 cm³/mol. The first-order valence-electron chi connectivity index (χ1n) is 8.63. The number of nitrogens with one attached hydrogen (secondary N) is 2. The summed E-state index contributed by atoms with van der Waals surface area (Å²) in [6.07, 6.45) is 0.924. The number of anilines is 1. The minimum absolute atomic E-state index is 0.0206. The summed E-state index contributed by atoms with van der Waals surface area (Å²) < 4.78 is 17.0. The lowest BCUT2D eigenvalue weighted by Crippen LogP contribution is -3.11. The molecule has 1 unspecified atom stereocenters. The van der Waals surface area contributed by atoms with Gasteiger partial charge in [0.05, 0.1) is 31.8 Å². The zero-order valence-electron chi connectivity index (χ0n) is 15.4. The normalized spacial score (nSPS) is 20.4. The van der Waals surface area contributed by atoms with Crippen molar-refractivity contribution in [3.05, 3.63) is 33.2 Å². The van der Waals surface area contributed by atoms with Crippen molar-refractivity contribution in [3.63, 3.8) is 0 Å². The number of benzene rings is 1. The summed E-state index contributed by atoms with van der Waals surface area (Å²) in [5.74, 6) is 2.15. The Hall–Kier alpha value is -2.43. The minimum Gasteiger partial charge on any atom is -0.492 e. The van der Waals surface area contributed by atoms with E-state index in [0.717, 1.165) is 51.0 Å². The van der Waals surface area contributed by atoms with Crippen molar-refractivity contribution in [3.8, 4) is 23.3 Å². The maximum absolute atomic E-state index is 9.58. The Bertz CT molecular complexity index is 916. The molecule has 0 amide bonds. The SMILES string of the molecule is COc1c2c(cc3c1[C@@H](Nc1sc(C)c(C)c1C#N)[NH+](C)CC3)OCO2. The molecular formula is C19H22N3O3S+. The van der Waals surface area contributed by atoms with Crippen LogP contribution in [0.1, 0.15) is 33.3 Å². The summed E-state index contributed by atoms with van der Waals surface area (Å²) in [5.41, 5.74) is 4.07. The van der Waals surface area contributed by atoms with Crippen LogP contribution in [-0.2, 0) is 6.42 Å². The van der Waals surface area contributed by atoms with Crippen molar-refractivity contribution in [2.24, 2.45) is 0 Å². The first kappa shape index (κ1) is 17.0. The van der Waals surface area contributed by atoms with Crippen LogP contribution in [0.5, 0.6) is 17.2 Å². The van der Waals surface area contributed by atoms with E-state index < -0.39 is 0 Å². The average Bonchev–Trinajstić information content (AvgIpc) is 3.20. The van der Waals surface area contributed by atoms with Gasteiger partial charge < -0.3 is 24.4 Å². The largest absolute Gasteiger partial charge is 0.492 e. The van der Waals surface area contributed by atoms with E-state index in [9.17, 15) is 5.26 Å². The first-order chi connectivity index (χ1) is 12.5. The number of rotatable bonds is 3. The van der Waals surface area contributed by atoms with Crippen LogP contribution in [0, 0.1) is 25.2 Å². The van der Waals surface area contributed by atoms with Crippen molar-refractivity contribution in [2.45, 2.75) is 26.4 Å². The van der Waals surface area contributed by atoms with Crippen LogP contribution in [-0.4, -0.2) is 27.5 Å². The van der Waals surface area contributed by atoms with Gasteiger partial charge in [-0.05, 0) is 31.0 Å². The first-order valence-corrected chi connectivity index (χ1v) is 9.45. The third-order valence-corrected chi connectivity index (χ3v) is 6.43. The molecule has 26 heavy (non-hydrogen) atoms. The van der Waals surface area contributed by atoms with Gasteiger partial charge in [-0.15, -0.1) is 11.3 Å². The molecule has 0 radical (unpaired) electrons. The Kier molecular flexibility index (Phi) is 4.17. The number of hydrogen-bond acceptors (Lipinski definition) is 6. The molecule has 3 heterocycles. The molecule has 0 bridgehead atoms. The fraction of sp³-hybridized carbons (Fsp3) is 0.421.